The number of para-hydroxylation sites is 2. The molecule has 0 saturated heterocycles. The molecule has 0 aliphatic heterocycles. The van der Waals surface area contributed by atoms with Gasteiger partial charge in [-0.2, -0.15) is 0 Å². The Morgan fingerprint density at radius 3 is 2.27 bits per heavy atom. The fraction of sp³-hybridized carbons (Fsp3) is 0.143. The molecule has 174 valence electrons. The minimum Gasteiger partial charge on any atom is -0.495 e. The average molecular weight is 491 g/mol. The van der Waals surface area contributed by atoms with Crippen LogP contribution in [0.3, 0.4) is 0 Å². The summed E-state index contributed by atoms with van der Waals surface area (Å²) in [6, 6.07) is 15.1. The number of benzene rings is 2. The molecule has 33 heavy (non-hydrogen) atoms. The van der Waals surface area contributed by atoms with Crippen LogP contribution in [0.2, 0.25) is 0 Å². The number of methoxy groups -OCH3 is 1. The number of hydrogen-bond donors (Lipinski definition) is 2. The molecule has 1 amide bonds. The standard InChI is InChI=1S/C21H22N4O6S2/c1-31-20-8-4-3-7-19(20)25(32(2,27)28)15-21(26)23-16-9-11-18(12-10-16)33(29,30)24-17-6-5-13-22-14-17/h3-14,24H,15H2,1-2H3,(H,23,26). The highest BCUT2D eigenvalue weighted by molar-refractivity contribution is 7.92. The molecule has 3 aromatic rings. The van der Waals surface area contributed by atoms with Crippen molar-refractivity contribution in [1.82, 2.24) is 4.98 Å². The first-order valence-electron chi connectivity index (χ1n) is 9.53. The smallest absolute Gasteiger partial charge is 0.261 e. The van der Waals surface area contributed by atoms with Crippen molar-refractivity contribution in [2.75, 3.05) is 34.3 Å². The topological polar surface area (TPSA) is 135 Å². The number of pyridine rings is 1. The van der Waals surface area contributed by atoms with Crippen LogP contribution in [0.1, 0.15) is 0 Å². The fourth-order valence-electron chi connectivity index (χ4n) is 2.90. The quantitative estimate of drug-likeness (QED) is 0.470. The molecule has 0 spiro atoms. The molecule has 0 radical (unpaired) electrons. The van der Waals surface area contributed by atoms with Crippen LogP contribution in [0.25, 0.3) is 0 Å². The maximum Gasteiger partial charge on any atom is 0.261 e. The summed E-state index contributed by atoms with van der Waals surface area (Å²) in [5.41, 5.74) is 0.835. The van der Waals surface area contributed by atoms with E-state index in [1.165, 1.54) is 49.8 Å². The lowest BCUT2D eigenvalue weighted by molar-refractivity contribution is -0.114. The Hall–Kier alpha value is -3.64. The molecule has 0 atom stereocenters. The van der Waals surface area contributed by atoms with Crippen LogP contribution in [-0.2, 0) is 24.8 Å². The molecular weight excluding hydrogens is 468 g/mol. The van der Waals surface area contributed by atoms with E-state index < -0.39 is 32.5 Å². The largest absolute Gasteiger partial charge is 0.495 e. The second-order valence-corrected chi connectivity index (χ2v) is 10.5. The predicted octanol–water partition coefficient (Wildman–Crippen LogP) is 2.30. The summed E-state index contributed by atoms with van der Waals surface area (Å²) in [5, 5.41) is 2.57. The normalized spacial score (nSPS) is 11.5. The van der Waals surface area contributed by atoms with E-state index in [4.69, 9.17) is 4.74 Å². The van der Waals surface area contributed by atoms with Crippen LogP contribution in [0.15, 0.2) is 78.0 Å². The highest BCUT2D eigenvalue weighted by Crippen LogP contribution is 2.29. The summed E-state index contributed by atoms with van der Waals surface area (Å²) < 4.78 is 58.1. The van der Waals surface area contributed by atoms with Crippen LogP contribution in [0.5, 0.6) is 5.75 Å². The van der Waals surface area contributed by atoms with E-state index in [9.17, 15) is 21.6 Å². The zero-order valence-corrected chi connectivity index (χ0v) is 19.4. The van der Waals surface area contributed by atoms with Crippen LogP contribution in [-0.4, -0.2) is 47.6 Å². The lowest BCUT2D eigenvalue weighted by Gasteiger charge is -2.23. The summed E-state index contributed by atoms with van der Waals surface area (Å²) in [7, 11) is -6.24. The Morgan fingerprint density at radius 1 is 0.970 bits per heavy atom. The van der Waals surface area contributed by atoms with E-state index in [2.05, 4.69) is 15.0 Å². The number of amides is 1. The molecule has 0 bridgehead atoms. The second-order valence-electron chi connectivity index (χ2n) is 6.86. The molecule has 0 aliphatic carbocycles. The molecule has 2 aromatic carbocycles. The summed E-state index contributed by atoms with van der Waals surface area (Å²) in [4.78, 5) is 16.4. The molecule has 2 N–H and O–H groups in total. The molecule has 0 saturated carbocycles. The molecular formula is C21H22N4O6S2. The van der Waals surface area contributed by atoms with Crippen molar-refractivity contribution in [2.24, 2.45) is 0 Å². The highest BCUT2D eigenvalue weighted by Gasteiger charge is 2.24. The molecule has 1 aromatic heterocycles. The number of carbonyl (C=O) groups is 1. The van der Waals surface area contributed by atoms with Gasteiger partial charge in [-0.15, -0.1) is 0 Å². The van der Waals surface area contributed by atoms with Gasteiger partial charge in [-0.25, -0.2) is 16.8 Å². The maximum absolute atomic E-state index is 12.6. The number of carbonyl (C=O) groups excluding carboxylic acids is 1. The van der Waals surface area contributed by atoms with Gasteiger partial charge in [0.05, 0.1) is 35.8 Å². The molecule has 0 aliphatic rings. The number of sulfonamides is 2. The Kier molecular flexibility index (Phi) is 7.19. The molecule has 0 fully saturated rings. The SMILES string of the molecule is COc1ccccc1N(CC(=O)Nc1ccc(S(=O)(=O)Nc2cccnc2)cc1)S(C)(=O)=O. The predicted molar refractivity (Wildman–Crippen MR) is 125 cm³/mol. The van der Waals surface area contributed by atoms with Crippen molar-refractivity contribution >= 4 is 43.0 Å². The highest BCUT2D eigenvalue weighted by atomic mass is 32.2. The molecule has 3 rings (SSSR count). The van der Waals surface area contributed by atoms with E-state index in [-0.39, 0.29) is 10.6 Å². The van der Waals surface area contributed by atoms with E-state index in [1.54, 1.807) is 30.3 Å². The third-order valence-corrected chi connectivity index (χ3v) is 6.93. The third kappa shape index (κ3) is 6.20. The van der Waals surface area contributed by atoms with E-state index >= 15 is 0 Å². The van der Waals surface area contributed by atoms with Gasteiger partial charge in [0.1, 0.15) is 12.3 Å². The summed E-state index contributed by atoms with van der Waals surface area (Å²) in [6.07, 6.45) is 3.89. The first-order valence-corrected chi connectivity index (χ1v) is 12.9. The number of ether oxygens (including phenoxy) is 1. The molecule has 0 unspecified atom stereocenters. The Balaban J connectivity index is 1.73. The van der Waals surface area contributed by atoms with Crippen molar-refractivity contribution in [3.05, 3.63) is 73.1 Å². The third-order valence-electron chi connectivity index (χ3n) is 4.40. The van der Waals surface area contributed by atoms with Crippen molar-refractivity contribution < 1.29 is 26.4 Å². The summed E-state index contributed by atoms with van der Waals surface area (Å²) >= 11 is 0. The van der Waals surface area contributed by atoms with E-state index in [0.717, 1.165) is 10.6 Å². The van der Waals surface area contributed by atoms with Crippen molar-refractivity contribution in [3.8, 4) is 5.75 Å². The average Bonchev–Trinajstić information content (AvgIpc) is 2.77. The second kappa shape index (κ2) is 9.88. The Labute approximate surface area is 192 Å². The number of nitrogens with one attached hydrogen (secondary N) is 2. The van der Waals surface area contributed by atoms with Gasteiger partial charge in [0.15, 0.2) is 0 Å². The first kappa shape index (κ1) is 24.0. The van der Waals surface area contributed by atoms with Gasteiger partial charge in [0.25, 0.3) is 10.0 Å². The summed E-state index contributed by atoms with van der Waals surface area (Å²) in [5.74, 6) is -0.318. The zero-order chi connectivity index (χ0) is 24.1. The molecule has 10 nitrogen and oxygen atoms in total. The minimum atomic E-state index is -3.84. The first-order chi connectivity index (χ1) is 15.6. The molecule has 1 heterocycles. The molecule has 12 heteroatoms. The number of nitrogens with zero attached hydrogens (tertiary/aromatic N) is 2. The van der Waals surface area contributed by atoms with Gasteiger partial charge < -0.3 is 10.1 Å². The zero-order valence-electron chi connectivity index (χ0n) is 17.8. The monoisotopic (exact) mass is 490 g/mol. The van der Waals surface area contributed by atoms with Crippen LogP contribution >= 0.6 is 0 Å². The number of aromatic nitrogens is 1. The van der Waals surface area contributed by atoms with Gasteiger partial charge in [-0.3, -0.25) is 18.8 Å². The van der Waals surface area contributed by atoms with E-state index in [0.29, 0.717) is 17.1 Å². The van der Waals surface area contributed by atoms with Crippen LogP contribution in [0.4, 0.5) is 17.1 Å². The van der Waals surface area contributed by atoms with Crippen molar-refractivity contribution in [3.63, 3.8) is 0 Å². The minimum absolute atomic E-state index is 0.0175. The maximum atomic E-state index is 12.6. The van der Waals surface area contributed by atoms with Crippen LogP contribution < -0.4 is 19.1 Å². The van der Waals surface area contributed by atoms with Gasteiger partial charge in [0, 0.05) is 11.9 Å². The van der Waals surface area contributed by atoms with Gasteiger partial charge in [-0.1, -0.05) is 12.1 Å². The van der Waals surface area contributed by atoms with Crippen LogP contribution in [0, 0.1) is 0 Å². The Bertz CT molecular complexity index is 1330. The van der Waals surface area contributed by atoms with Gasteiger partial charge >= 0.3 is 0 Å². The van der Waals surface area contributed by atoms with Crippen molar-refractivity contribution in [2.45, 2.75) is 4.90 Å². The lowest BCUT2D eigenvalue weighted by Crippen LogP contribution is -2.37. The van der Waals surface area contributed by atoms with Gasteiger partial charge in [0.2, 0.25) is 15.9 Å². The lowest BCUT2D eigenvalue weighted by atomic mass is 10.3. The fourth-order valence-corrected chi connectivity index (χ4v) is 4.81. The Morgan fingerprint density at radius 2 is 1.67 bits per heavy atom. The summed E-state index contributed by atoms with van der Waals surface area (Å²) in [6.45, 7) is -0.498. The van der Waals surface area contributed by atoms with E-state index in [1.807, 2.05) is 0 Å². The van der Waals surface area contributed by atoms with Gasteiger partial charge in [-0.05, 0) is 48.5 Å². The number of hydrogen-bond acceptors (Lipinski definition) is 7. The van der Waals surface area contributed by atoms with Crippen molar-refractivity contribution in [1.29, 1.82) is 0 Å². The number of rotatable bonds is 9. The number of anilines is 3.